The fraction of sp³-hybridized carbons (Fsp3) is 0.538. The van der Waals surface area contributed by atoms with Crippen LogP contribution in [0.3, 0.4) is 0 Å². The molecule has 0 aliphatic heterocycles. The molecule has 0 aliphatic rings. The highest BCUT2D eigenvalue weighted by Gasteiger charge is 2.12. The van der Waals surface area contributed by atoms with E-state index in [1.54, 1.807) is 17.7 Å². The fourth-order valence-corrected chi connectivity index (χ4v) is 3.61. The van der Waals surface area contributed by atoms with E-state index in [0.717, 1.165) is 22.5 Å². The molecule has 20 heavy (non-hydrogen) atoms. The van der Waals surface area contributed by atoms with Crippen molar-refractivity contribution in [2.45, 2.75) is 32.7 Å². The summed E-state index contributed by atoms with van der Waals surface area (Å²) in [6.45, 7) is 4.08. The third-order valence-corrected chi connectivity index (χ3v) is 5.20. The molecule has 0 fully saturated rings. The van der Waals surface area contributed by atoms with Crippen molar-refractivity contribution in [1.82, 2.24) is 9.97 Å². The number of sulfone groups is 1. The van der Waals surface area contributed by atoms with Crippen LogP contribution in [0.4, 0.5) is 5.82 Å². The molecule has 2 rings (SSSR count). The van der Waals surface area contributed by atoms with Crippen LogP contribution in [0.5, 0.6) is 0 Å². The smallest absolute Gasteiger partial charge is 0.147 e. The van der Waals surface area contributed by atoms with Crippen molar-refractivity contribution in [2.75, 3.05) is 17.3 Å². The van der Waals surface area contributed by atoms with Crippen LogP contribution in [-0.2, 0) is 16.3 Å². The summed E-state index contributed by atoms with van der Waals surface area (Å²) in [7, 11) is -2.92. The summed E-state index contributed by atoms with van der Waals surface area (Å²) in [4.78, 5) is 10.8. The molecule has 0 bridgehead atoms. The van der Waals surface area contributed by atoms with E-state index in [2.05, 4.69) is 28.3 Å². The molecule has 0 aliphatic carbocycles. The van der Waals surface area contributed by atoms with Gasteiger partial charge in [0.05, 0.1) is 11.1 Å². The molecule has 0 aromatic carbocycles. The van der Waals surface area contributed by atoms with Crippen LogP contribution in [-0.4, -0.2) is 36.4 Å². The van der Waals surface area contributed by atoms with Crippen LogP contribution in [0.2, 0.25) is 0 Å². The Labute approximate surface area is 123 Å². The van der Waals surface area contributed by atoms with Gasteiger partial charge < -0.3 is 5.32 Å². The first kappa shape index (κ1) is 15.2. The zero-order valence-electron chi connectivity index (χ0n) is 11.9. The van der Waals surface area contributed by atoms with Gasteiger partial charge in [-0.3, -0.25) is 0 Å². The number of aryl methyl sites for hydroxylation is 1. The molecule has 5 nitrogen and oxygen atoms in total. The van der Waals surface area contributed by atoms with E-state index in [4.69, 9.17) is 0 Å². The van der Waals surface area contributed by atoms with Crippen molar-refractivity contribution in [3.05, 3.63) is 17.3 Å². The third-order valence-electron chi connectivity index (χ3n) is 3.03. The standard InChI is InChI=1S/C13H19N3O2S2/c1-4-10-7-11-12(14-8-15-13(11)19-10)16-9(2)5-6-20(3,17)18/h7-9H,4-6H2,1-3H3,(H,14,15,16). The highest BCUT2D eigenvalue weighted by Crippen LogP contribution is 2.28. The Morgan fingerprint density at radius 1 is 1.40 bits per heavy atom. The summed E-state index contributed by atoms with van der Waals surface area (Å²) < 4.78 is 22.4. The van der Waals surface area contributed by atoms with Crippen LogP contribution in [0.25, 0.3) is 10.2 Å². The molecule has 110 valence electrons. The maximum absolute atomic E-state index is 11.2. The van der Waals surface area contributed by atoms with E-state index < -0.39 is 9.84 Å². The van der Waals surface area contributed by atoms with Gasteiger partial charge in [-0.2, -0.15) is 0 Å². The molecule has 2 heterocycles. The van der Waals surface area contributed by atoms with Crippen molar-refractivity contribution < 1.29 is 8.42 Å². The van der Waals surface area contributed by atoms with Crippen LogP contribution in [0, 0.1) is 0 Å². The van der Waals surface area contributed by atoms with Gasteiger partial charge in [0.15, 0.2) is 0 Å². The lowest BCUT2D eigenvalue weighted by atomic mass is 10.2. The summed E-state index contributed by atoms with van der Waals surface area (Å²) in [6, 6.07) is 2.15. The molecule has 0 saturated heterocycles. The minimum absolute atomic E-state index is 0.0489. The van der Waals surface area contributed by atoms with Gasteiger partial charge in [-0.05, 0) is 25.8 Å². The summed E-state index contributed by atoms with van der Waals surface area (Å²) in [5, 5.41) is 4.30. The number of hydrogen-bond acceptors (Lipinski definition) is 6. The minimum atomic E-state index is -2.92. The monoisotopic (exact) mass is 313 g/mol. The molecule has 0 amide bonds. The molecule has 2 aromatic rings. The summed E-state index contributed by atoms with van der Waals surface area (Å²) in [5.41, 5.74) is 0. The molecule has 7 heteroatoms. The average Bonchev–Trinajstić information content (AvgIpc) is 2.80. The molecular weight excluding hydrogens is 294 g/mol. The zero-order valence-corrected chi connectivity index (χ0v) is 13.5. The number of thiophene rings is 1. The Balaban J connectivity index is 2.14. The van der Waals surface area contributed by atoms with E-state index in [0.29, 0.717) is 6.42 Å². The third kappa shape index (κ3) is 3.89. The lowest BCUT2D eigenvalue weighted by Crippen LogP contribution is -2.20. The molecule has 1 atom stereocenters. The number of nitrogens with one attached hydrogen (secondary N) is 1. The van der Waals surface area contributed by atoms with Crippen molar-refractivity contribution in [2.24, 2.45) is 0 Å². The summed E-state index contributed by atoms with van der Waals surface area (Å²) in [6.07, 6.45) is 4.35. The Kier molecular flexibility index (Phi) is 4.59. The fourth-order valence-electron chi connectivity index (χ4n) is 1.89. The van der Waals surface area contributed by atoms with E-state index >= 15 is 0 Å². The molecule has 0 spiro atoms. The van der Waals surface area contributed by atoms with Crippen molar-refractivity contribution in [1.29, 1.82) is 0 Å². The van der Waals surface area contributed by atoms with Crippen molar-refractivity contribution >= 4 is 37.2 Å². The quantitative estimate of drug-likeness (QED) is 0.887. The van der Waals surface area contributed by atoms with E-state index in [1.807, 2.05) is 6.92 Å². The largest absolute Gasteiger partial charge is 0.367 e. The summed E-state index contributed by atoms with van der Waals surface area (Å²) >= 11 is 1.67. The Morgan fingerprint density at radius 3 is 2.80 bits per heavy atom. The average molecular weight is 313 g/mol. The second-order valence-corrected chi connectivity index (χ2v) is 8.35. The van der Waals surface area contributed by atoms with Gasteiger partial charge in [-0.25, -0.2) is 18.4 Å². The molecule has 1 N–H and O–H groups in total. The maximum atomic E-state index is 11.2. The number of aromatic nitrogens is 2. The Hall–Kier alpha value is -1.21. The van der Waals surface area contributed by atoms with E-state index in [-0.39, 0.29) is 11.8 Å². The Bertz CT molecular complexity index is 695. The second-order valence-electron chi connectivity index (χ2n) is 4.97. The highest BCUT2D eigenvalue weighted by atomic mass is 32.2. The van der Waals surface area contributed by atoms with E-state index in [9.17, 15) is 8.42 Å². The SMILES string of the molecule is CCc1cc2c(NC(C)CCS(C)(=O)=O)ncnc2s1. The van der Waals surface area contributed by atoms with Gasteiger partial charge in [0.2, 0.25) is 0 Å². The van der Waals surface area contributed by atoms with Gasteiger partial charge in [0.1, 0.15) is 26.8 Å². The molecule has 1 unspecified atom stereocenters. The minimum Gasteiger partial charge on any atom is -0.367 e. The molecule has 2 aromatic heterocycles. The second kappa shape index (κ2) is 6.05. The van der Waals surface area contributed by atoms with E-state index in [1.165, 1.54) is 11.1 Å². The van der Waals surface area contributed by atoms with Crippen molar-refractivity contribution in [3.63, 3.8) is 0 Å². The van der Waals surface area contributed by atoms with Gasteiger partial charge in [0, 0.05) is 17.2 Å². The van der Waals surface area contributed by atoms with Crippen LogP contribution in [0.1, 0.15) is 25.1 Å². The van der Waals surface area contributed by atoms with Gasteiger partial charge >= 0.3 is 0 Å². The van der Waals surface area contributed by atoms with Gasteiger partial charge in [-0.1, -0.05) is 6.92 Å². The number of anilines is 1. The number of nitrogens with zero attached hydrogens (tertiary/aromatic N) is 2. The maximum Gasteiger partial charge on any atom is 0.147 e. The highest BCUT2D eigenvalue weighted by molar-refractivity contribution is 7.90. The van der Waals surface area contributed by atoms with Gasteiger partial charge in [-0.15, -0.1) is 11.3 Å². The van der Waals surface area contributed by atoms with Crippen molar-refractivity contribution in [3.8, 4) is 0 Å². The lowest BCUT2D eigenvalue weighted by Gasteiger charge is -2.14. The molecule has 0 radical (unpaired) electrons. The molecular formula is C13H19N3O2S2. The predicted molar refractivity (Wildman–Crippen MR) is 84.2 cm³/mol. The number of fused-ring (bicyclic) bond motifs is 1. The summed E-state index contributed by atoms with van der Waals surface area (Å²) in [5.74, 6) is 0.964. The Morgan fingerprint density at radius 2 is 2.15 bits per heavy atom. The predicted octanol–water partition coefficient (Wildman–Crippen LogP) is 2.49. The number of hydrogen-bond donors (Lipinski definition) is 1. The first-order valence-electron chi connectivity index (χ1n) is 6.56. The zero-order chi connectivity index (χ0) is 14.8. The van der Waals surface area contributed by atoms with Crippen LogP contribution in [0.15, 0.2) is 12.4 Å². The number of rotatable bonds is 6. The molecule has 0 saturated carbocycles. The topological polar surface area (TPSA) is 72.0 Å². The normalized spacial score (nSPS) is 13.6. The first-order valence-corrected chi connectivity index (χ1v) is 9.44. The first-order chi connectivity index (χ1) is 9.39. The van der Waals surface area contributed by atoms with Crippen LogP contribution >= 0.6 is 11.3 Å². The van der Waals surface area contributed by atoms with Crippen LogP contribution < -0.4 is 5.32 Å². The van der Waals surface area contributed by atoms with Gasteiger partial charge in [0.25, 0.3) is 0 Å². The lowest BCUT2D eigenvalue weighted by molar-refractivity contribution is 0.595.